The lowest BCUT2D eigenvalue weighted by molar-refractivity contribution is -0.127. The van der Waals surface area contributed by atoms with Crippen molar-refractivity contribution in [1.29, 1.82) is 0 Å². The first-order valence-corrected chi connectivity index (χ1v) is 5.62. The predicted octanol–water partition coefficient (Wildman–Crippen LogP) is 0.389. The molecule has 0 saturated heterocycles. The van der Waals surface area contributed by atoms with Crippen LogP contribution in [0, 0.1) is 5.92 Å². The molecule has 0 heterocycles. The zero-order valence-corrected chi connectivity index (χ0v) is 9.79. The molecule has 0 aromatic rings. The Bertz CT molecular complexity index is 235. The summed E-state index contributed by atoms with van der Waals surface area (Å²) in [6.45, 7) is 5.38. The summed E-state index contributed by atoms with van der Waals surface area (Å²) in [6.07, 6.45) is 2.26. The number of nitrogens with one attached hydrogen (secondary N) is 1. The number of nitrogens with two attached hydrogens (primary N) is 1. The molecule has 1 saturated carbocycles. The lowest BCUT2D eigenvalue weighted by Gasteiger charge is -2.26. The minimum absolute atomic E-state index is 0.0286. The minimum atomic E-state index is -0.743. The Hall–Kier alpha value is -0.610. The Labute approximate surface area is 91.2 Å². The fourth-order valence-electron chi connectivity index (χ4n) is 1.82. The summed E-state index contributed by atoms with van der Waals surface area (Å²) in [5.41, 5.74) is 5.23. The topological polar surface area (TPSA) is 75.3 Å². The molecule has 0 aromatic carbocycles. The van der Waals surface area contributed by atoms with Gasteiger partial charge in [0.15, 0.2) is 0 Å². The lowest BCUT2D eigenvalue weighted by atomic mass is 9.95. The summed E-state index contributed by atoms with van der Waals surface area (Å²) in [7, 11) is 0. The lowest BCUT2D eigenvalue weighted by Crippen LogP contribution is -2.55. The van der Waals surface area contributed by atoms with Gasteiger partial charge in [0.05, 0.1) is 11.6 Å². The smallest absolute Gasteiger partial charge is 0.240 e. The summed E-state index contributed by atoms with van der Waals surface area (Å²) >= 11 is 0. The number of aliphatic hydroxyl groups is 1. The third-order valence-electron chi connectivity index (χ3n) is 2.99. The highest BCUT2D eigenvalue weighted by molar-refractivity contribution is 5.86. The first-order chi connectivity index (χ1) is 6.84. The van der Waals surface area contributed by atoms with Gasteiger partial charge in [-0.25, -0.2) is 0 Å². The summed E-state index contributed by atoms with van der Waals surface area (Å²) in [4.78, 5) is 11.8. The van der Waals surface area contributed by atoms with Gasteiger partial charge in [0.2, 0.25) is 5.91 Å². The molecular weight excluding hydrogens is 192 g/mol. The van der Waals surface area contributed by atoms with Crippen LogP contribution in [0.25, 0.3) is 0 Å². The molecule has 4 nitrogen and oxygen atoms in total. The fourth-order valence-corrected chi connectivity index (χ4v) is 1.82. The monoisotopic (exact) mass is 214 g/mol. The van der Waals surface area contributed by atoms with E-state index in [4.69, 9.17) is 5.73 Å². The Balaban J connectivity index is 2.40. The van der Waals surface area contributed by atoms with E-state index in [-0.39, 0.29) is 11.9 Å². The molecule has 1 aliphatic carbocycles. The van der Waals surface area contributed by atoms with Crippen LogP contribution in [-0.4, -0.2) is 28.7 Å². The molecular formula is C11H22N2O2. The van der Waals surface area contributed by atoms with Crippen molar-refractivity contribution in [2.75, 3.05) is 0 Å². The van der Waals surface area contributed by atoms with Crippen LogP contribution >= 0.6 is 0 Å². The van der Waals surface area contributed by atoms with Crippen LogP contribution in [0.3, 0.4) is 0 Å². The van der Waals surface area contributed by atoms with E-state index in [1.165, 1.54) is 0 Å². The highest BCUT2D eigenvalue weighted by atomic mass is 16.3. The molecule has 4 N–H and O–H groups in total. The van der Waals surface area contributed by atoms with E-state index < -0.39 is 11.6 Å². The second-order valence-electron chi connectivity index (χ2n) is 5.02. The van der Waals surface area contributed by atoms with Crippen LogP contribution in [0.5, 0.6) is 0 Å². The normalized spacial score (nSPS) is 24.1. The zero-order valence-electron chi connectivity index (χ0n) is 9.79. The number of hydrogen-bond acceptors (Lipinski definition) is 3. The number of aliphatic hydroxyl groups excluding tert-OH is 1. The Kier molecular flexibility index (Phi) is 3.73. The molecule has 0 bridgehead atoms. The Morgan fingerprint density at radius 2 is 2.13 bits per heavy atom. The summed E-state index contributed by atoms with van der Waals surface area (Å²) in [5.74, 6) is 0.231. The van der Waals surface area contributed by atoms with Gasteiger partial charge in [-0.05, 0) is 46.0 Å². The number of amides is 1. The van der Waals surface area contributed by atoms with Crippen molar-refractivity contribution >= 4 is 5.91 Å². The van der Waals surface area contributed by atoms with Crippen LogP contribution in [0.2, 0.25) is 0 Å². The summed E-state index contributed by atoms with van der Waals surface area (Å²) in [5, 5.41) is 12.0. The largest absolute Gasteiger partial charge is 0.393 e. The SMILES string of the molecule is CC(O)CC(C)NC(=O)C(C)(N)C1CC1. The zero-order chi connectivity index (χ0) is 11.6. The fraction of sp³-hybridized carbons (Fsp3) is 0.909. The van der Waals surface area contributed by atoms with Gasteiger partial charge in [-0.1, -0.05) is 0 Å². The first kappa shape index (κ1) is 12.5. The predicted molar refractivity (Wildman–Crippen MR) is 59.2 cm³/mol. The van der Waals surface area contributed by atoms with Gasteiger partial charge >= 0.3 is 0 Å². The third-order valence-corrected chi connectivity index (χ3v) is 2.99. The number of carbonyl (C=O) groups is 1. The van der Waals surface area contributed by atoms with Crippen LogP contribution < -0.4 is 11.1 Å². The standard InChI is InChI=1S/C11H22N2O2/c1-7(6-8(2)14)13-10(15)11(3,12)9-4-5-9/h7-9,14H,4-6,12H2,1-3H3,(H,13,15). The molecule has 88 valence electrons. The van der Waals surface area contributed by atoms with Crippen LogP contribution in [0.1, 0.15) is 40.0 Å². The first-order valence-electron chi connectivity index (χ1n) is 5.62. The molecule has 3 unspecified atom stereocenters. The van der Waals surface area contributed by atoms with E-state index in [0.29, 0.717) is 12.3 Å². The summed E-state index contributed by atoms with van der Waals surface area (Å²) < 4.78 is 0. The van der Waals surface area contributed by atoms with Gasteiger partial charge in [0, 0.05) is 6.04 Å². The average Bonchev–Trinajstić information content (AvgIpc) is 2.83. The van der Waals surface area contributed by atoms with Gasteiger partial charge in [-0.2, -0.15) is 0 Å². The second kappa shape index (κ2) is 4.49. The molecule has 15 heavy (non-hydrogen) atoms. The summed E-state index contributed by atoms with van der Waals surface area (Å²) in [6, 6.07) is -0.0286. The molecule has 4 heteroatoms. The molecule has 1 amide bonds. The highest BCUT2D eigenvalue weighted by Crippen LogP contribution is 2.38. The maximum absolute atomic E-state index is 11.8. The highest BCUT2D eigenvalue weighted by Gasteiger charge is 2.44. The number of hydrogen-bond donors (Lipinski definition) is 3. The van der Waals surface area contributed by atoms with E-state index in [1.54, 1.807) is 13.8 Å². The molecule has 0 radical (unpaired) electrons. The van der Waals surface area contributed by atoms with Crippen molar-refractivity contribution in [3.63, 3.8) is 0 Å². The van der Waals surface area contributed by atoms with E-state index in [2.05, 4.69) is 5.32 Å². The van der Waals surface area contributed by atoms with Gasteiger partial charge in [0.25, 0.3) is 0 Å². The number of carbonyl (C=O) groups excluding carboxylic acids is 1. The van der Waals surface area contributed by atoms with Crippen molar-refractivity contribution in [2.24, 2.45) is 11.7 Å². The third kappa shape index (κ3) is 3.47. The van der Waals surface area contributed by atoms with E-state index in [0.717, 1.165) is 12.8 Å². The van der Waals surface area contributed by atoms with Crippen molar-refractivity contribution in [3.05, 3.63) is 0 Å². The van der Waals surface area contributed by atoms with Gasteiger partial charge in [0.1, 0.15) is 0 Å². The van der Waals surface area contributed by atoms with Crippen molar-refractivity contribution in [3.8, 4) is 0 Å². The maximum atomic E-state index is 11.8. The quantitative estimate of drug-likeness (QED) is 0.619. The van der Waals surface area contributed by atoms with Crippen molar-refractivity contribution < 1.29 is 9.90 Å². The van der Waals surface area contributed by atoms with E-state index in [1.807, 2.05) is 6.92 Å². The van der Waals surface area contributed by atoms with E-state index >= 15 is 0 Å². The Morgan fingerprint density at radius 3 is 2.53 bits per heavy atom. The van der Waals surface area contributed by atoms with Crippen LogP contribution in [-0.2, 0) is 4.79 Å². The molecule has 3 atom stereocenters. The van der Waals surface area contributed by atoms with Crippen LogP contribution in [0.4, 0.5) is 0 Å². The minimum Gasteiger partial charge on any atom is -0.393 e. The van der Waals surface area contributed by atoms with Crippen molar-refractivity contribution in [2.45, 2.75) is 57.7 Å². The molecule has 1 rings (SSSR count). The van der Waals surface area contributed by atoms with E-state index in [9.17, 15) is 9.90 Å². The van der Waals surface area contributed by atoms with Gasteiger partial charge in [-0.3, -0.25) is 4.79 Å². The molecule has 0 aliphatic heterocycles. The van der Waals surface area contributed by atoms with Crippen LogP contribution in [0.15, 0.2) is 0 Å². The maximum Gasteiger partial charge on any atom is 0.240 e. The van der Waals surface area contributed by atoms with Gasteiger partial charge in [-0.15, -0.1) is 0 Å². The second-order valence-corrected chi connectivity index (χ2v) is 5.02. The van der Waals surface area contributed by atoms with Gasteiger partial charge < -0.3 is 16.2 Å². The molecule has 1 fully saturated rings. The number of rotatable bonds is 5. The molecule has 0 spiro atoms. The Morgan fingerprint density at radius 1 is 1.60 bits per heavy atom. The molecule has 1 aliphatic rings. The molecule has 0 aromatic heterocycles. The average molecular weight is 214 g/mol. The van der Waals surface area contributed by atoms with Crippen molar-refractivity contribution in [1.82, 2.24) is 5.32 Å².